The average molecular weight is 467 g/mol. The molecule has 0 unspecified atom stereocenters. The van der Waals surface area contributed by atoms with Gasteiger partial charge in [0.25, 0.3) is 0 Å². The summed E-state index contributed by atoms with van der Waals surface area (Å²) in [4.78, 5) is 14.4. The minimum Gasteiger partial charge on any atom is -0.388 e. The Hall–Kier alpha value is -2.01. The van der Waals surface area contributed by atoms with Crippen molar-refractivity contribution in [2.24, 2.45) is 0 Å². The summed E-state index contributed by atoms with van der Waals surface area (Å²) in [5, 5.41) is 21.1. The largest absolute Gasteiger partial charge is 0.388 e. The number of carbonyl (C=O) groups excluding carboxylic acids is 1. The number of sulfonamides is 1. The van der Waals surface area contributed by atoms with E-state index in [-0.39, 0.29) is 23.8 Å². The summed E-state index contributed by atoms with van der Waals surface area (Å²) in [6, 6.07) is 13.3. The van der Waals surface area contributed by atoms with Gasteiger partial charge in [0, 0.05) is 23.8 Å². The molecule has 3 N–H and O–H groups in total. The highest BCUT2D eigenvalue weighted by molar-refractivity contribution is 7.89. The maximum Gasteiger partial charge on any atom is 0.240 e. The van der Waals surface area contributed by atoms with E-state index in [1.54, 1.807) is 4.90 Å². The van der Waals surface area contributed by atoms with E-state index in [1.165, 1.54) is 24.3 Å². The lowest BCUT2D eigenvalue weighted by molar-refractivity contribution is -0.122. The fraction of sp³-hybridized carbons (Fsp3) is 0.381. The van der Waals surface area contributed by atoms with Gasteiger partial charge in [-0.3, -0.25) is 4.79 Å². The van der Waals surface area contributed by atoms with Gasteiger partial charge in [0.1, 0.15) is 18.3 Å². The van der Waals surface area contributed by atoms with Crippen molar-refractivity contribution in [2.45, 2.75) is 42.2 Å². The quantitative estimate of drug-likeness (QED) is 0.586. The molecule has 10 heteroatoms. The van der Waals surface area contributed by atoms with Gasteiger partial charge in [0.15, 0.2) is 0 Å². The fourth-order valence-electron chi connectivity index (χ4n) is 3.93. The number of nitrogens with one attached hydrogen (secondary N) is 1. The van der Waals surface area contributed by atoms with Crippen LogP contribution in [0.1, 0.15) is 12.0 Å². The van der Waals surface area contributed by atoms with Gasteiger partial charge in [0.2, 0.25) is 15.9 Å². The van der Waals surface area contributed by atoms with Crippen LogP contribution >= 0.6 is 11.6 Å². The summed E-state index contributed by atoms with van der Waals surface area (Å²) < 4.78 is 32.9. The Morgan fingerprint density at radius 1 is 1.10 bits per heavy atom. The van der Waals surface area contributed by atoms with E-state index >= 15 is 0 Å². The molecule has 0 aliphatic carbocycles. The number of fused-ring (bicyclic) bond motifs is 1. The van der Waals surface area contributed by atoms with E-state index < -0.39 is 34.4 Å². The van der Waals surface area contributed by atoms with Crippen molar-refractivity contribution in [3.05, 3.63) is 59.1 Å². The number of aliphatic hydroxyl groups is 2. The molecule has 1 amide bonds. The first-order chi connectivity index (χ1) is 14.8. The van der Waals surface area contributed by atoms with Crippen LogP contribution in [0.25, 0.3) is 0 Å². The number of para-hydroxylation sites is 1. The number of amides is 1. The lowest BCUT2D eigenvalue weighted by Gasteiger charge is -2.21. The van der Waals surface area contributed by atoms with Gasteiger partial charge in [-0.1, -0.05) is 29.8 Å². The third-order valence-electron chi connectivity index (χ3n) is 5.62. The monoisotopic (exact) mass is 466 g/mol. The number of anilines is 1. The third kappa shape index (κ3) is 4.62. The Kier molecular flexibility index (Phi) is 6.34. The van der Waals surface area contributed by atoms with Crippen LogP contribution in [0.15, 0.2) is 53.4 Å². The van der Waals surface area contributed by atoms with Crippen molar-refractivity contribution < 1.29 is 28.2 Å². The van der Waals surface area contributed by atoms with Crippen LogP contribution in [0.5, 0.6) is 0 Å². The standard InChI is InChI=1S/C21H23ClN2O6S/c22-14-5-7-15(8-6-14)31(28,29)23-12-18-21(27)20(26)17(30-18)11-19(25)24-10-9-13-3-1-2-4-16(13)24/h1-8,17-18,20-21,23,26-27H,9-12H2/t17-,18-,20+,21-/m1/s1. The summed E-state index contributed by atoms with van der Waals surface area (Å²) in [5.74, 6) is -0.219. The Morgan fingerprint density at radius 3 is 2.52 bits per heavy atom. The van der Waals surface area contributed by atoms with Crippen molar-refractivity contribution in [1.29, 1.82) is 0 Å². The van der Waals surface area contributed by atoms with Gasteiger partial charge in [-0.25, -0.2) is 13.1 Å². The molecule has 8 nitrogen and oxygen atoms in total. The lowest BCUT2D eigenvalue weighted by atomic mass is 10.1. The minimum absolute atomic E-state index is 0.0179. The Balaban J connectivity index is 1.37. The SMILES string of the molecule is O=C(C[C@H]1O[C@H](CNS(=O)(=O)c2ccc(Cl)cc2)[C@@H](O)[C@H]1O)N1CCc2ccccc21. The topological polar surface area (TPSA) is 116 Å². The molecular weight excluding hydrogens is 444 g/mol. The van der Waals surface area contributed by atoms with Crippen LogP contribution < -0.4 is 9.62 Å². The Bertz CT molecular complexity index is 1060. The molecule has 2 aliphatic rings. The second kappa shape index (κ2) is 8.85. The number of carbonyl (C=O) groups is 1. The highest BCUT2D eigenvalue weighted by Crippen LogP contribution is 2.30. The predicted molar refractivity (Wildman–Crippen MR) is 114 cm³/mol. The Morgan fingerprint density at radius 2 is 1.77 bits per heavy atom. The van der Waals surface area contributed by atoms with Crippen LogP contribution in [0.4, 0.5) is 5.69 Å². The summed E-state index contributed by atoms with van der Waals surface area (Å²) >= 11 is 5.78. The minimum atomic E-state index is -3.85. The second-order valence-corrected chi connectivity index (χ2v) is 9.83. The summed E-state index contributed by atoms with van der Waals surface area (Å²) in [5.41, 5.74) is 1.92. The highest BCUT2D eigenvalue weighted by Gasteiger charge is 2.44. The van der Waals surface area contributed by atoms with Crippen LogP contribution in [-0.2, 0) is 26.0 Å². The van der Waals surface area contributed by atoms with E-state index in [4.69, 9.17) is 16.3 Å². The van der Waals surface area contributed by atoms with E-state index in [0.717, 1.165) is 17.7 Å². The van der Waals surface area contributed by atoms with Gasteiger partial charge in [0.05, 0.1) is 17.4 Å². The van der Waals surface area contributed by atoms with E-state index in [2.05, 4.69) is 4.72 Å². The molecule has 0 spiro atoms. The van der Waals surface area contributed by atoms with Crippen molar-refractivity contribution >= 4 is 33.2 Å². The molecule has 31 heavy (non-hydrogen) atoms. The van der Waals surface area contributed by atoms with Crippen molar-refractivity contribution in [1.82, 2.24) is 4.72 Å². The lowest BCUT2D eigenvalue weighted by Crippen LogP contribution is -2.40. The molecule has 0 radical (unpaired) electrons. The van der Waals surface area contributed by atoms with Gasteiger partial charge in [-0.2, -0.15) is 0 Å². The molecule has 2 aromatic carbocycles. The molecule has 1 fully saturated rings. The van der Waals surface area contributed by atoms with E-state index in [1.807, 2.05) is 24.3 Å². The zero-order valence-electron chi connectivity index (χ0n) is 16.5. The molecule has 2 heterocycles. The van der Waals surface area contributed by atoms with Gasteiger partial charge in [-0.15, -0.1) is 0 Å². The molecule has 0 saturated carbocycles. The molecule has 166 valence electrons. The molecule has 2 aromatic rings. The number of aliphatic hydroxyl groups excluding tert-OH is 2. The summed E-state index contributed by atoms with van der Waals surface area (Å²) in [7, 11) is -3.85. The number of hydrogen-bond acceptors (Lipinski definition) is 6. The smallest absolute Gasteiger partial charge is 0.240 e. The molecular formula is C21H23ClN2O6S. The number of nitrogens with zero attached hydrogens (tertiary/aromatic N) is 1. The summed E-state index contributed by atoms with van der Waals surface area (Å²) in [6.45, 7) is 0.300. The van der Waals surface area contributed by atoms with Crippen molar-refractivity contribution in [3.63, 3.8) is 0 Å². The molecule has 0 bridgehead atoms. The number of ether oxygens (including phenoxy) is 1. The number of hydrogen-bond donors (Lipinski definition) is 3. The Labute approximate surface area is 185 Å². The predicted octanol–water partition coefficient (Wildman–Crippen LogP) is 1.09. The van der Waals surface area contributed by atoms with E-state index in [9.17, 15) is 23.4 Å². The maximum absolute atomic E-state index is 12.8. The van der Waals surface area contributed by atoms with Gasteiger partial charge >= 0.3 is 0 Å². The van der Waals surface area contributed by atoms with Crippen LogP contribution in [-0.4, -0.2) is 62.0 Å². The van der Waals surface area contributed by atoms with Gasteiger partial charge < -0.3 is 19.8 Å². The molecule has 2 aliphatic heterocycles. The fourth-order valence-corrected chi connectivity index (χ4v) is 5.10. The number of halogens is 1. The number of rotatable bonds is 6. The average Bonchev–Trinajstić information content (AvgIpc) is 3.29. The zero-order valence-corrected chi connectivity index (χ0v) is 18.1. The molecule has 4 rings (SSSR count). The second-order valence-electron chi connectivity index (χ2n) is 7.63. The van der Waals surface area contributed by atoms with Crippen LogP contribution in [0, 0.1) is 0 Å². The van der Waals surface area contributed by atoms with Crippen LogP contribution in [0.3, 0.4) is 0 Å². The number of benzene rings is 2. The normalized spacial score (nSPS) is 25.6. The maximum atomic E-state index is 12.8. The van der Waals surface area contributed by atoms with E-state index in [0.29, 0.717) is 11.6 Å². The van der Waals surface area contributed by atoms with Gasteiger partial charge in [-0.05, 0) is 42.3 Å². The zero-order chi connectivity index (χ0) is 22.2. The first-order valence-electron chi connectivity index (χ1n) is 9.91. The molecule has 1 saturated heterocycles. The van der Waals surface area contributed by atoms with Crippen LogP contribution in [0.2, 0.25) is 5.02 Å². The third-order valence-corrected chi connectivity index (χ3v) is 7.32. The molecule has 4 atom stereocenters. The first kappa shape index (κ1) is 22.2. The van der Waals surface area contributed by atoms with Crippen molar-refractivity contribution in [3.8, 4) is 0 Å². The van der Waals surface area contributed by atoms with Crippen molar-refractivity contribution in [2.75, 3.05) is 18.0 Å². The molecule has 0 aromatic heterocycles. The first-order valence-corrected chi connectivity index (χ1v) is 11.8. The highest BCUT2D eigenvalue weighted by atomic mass is 35.5. The summed E-state index contributed by atoms with van der Waals surface area (Å²) in [6.07, 6.45) is -3.90.